The molecule has 1 heterocycles. The van der Waals surface area contributed by atoms with Crippen molar-refractivity contribution in [2.24, 2.45) is 10.9 Å². The number of hydrogen-bond acceptors (Lipinski definition) is 4. The Bertz CT molecular complexity index is 363. The smallest absolute Gasteiger partial charge is 0.384 e. The van der Waals surface area contributed by atoms with E-state index < -0.39 is 6.09 Å². The zero-order chi connectivity index (χ0) is 12.5. The van der Waals surface area contributed by atoms with Crippen LogP contribution in [0.2, 0.25) is 0 Å². The van der Waals surface area contributed by atoms with Gasteiger partial charge in [0.2, 0.25) is 0 Å². The van der Waals surface area contributed by atoms with E-state index in [1.807, 2.05) is 24.4 Å². The highest BCUT2D eigenvalue weighted by atomic mass is 32.1. The first-order valence-corrected chi connectivity index (χ1v) is 6.40. The van der Waals surface area contributed by atoms with Crippen LogP contribution in [0.4, 0.5) is 4.79 Å². The van der Waals surface area contributed by atoms with Gasteiger partial charge in [-0.1, -0.05) is 24.6 Å². The molecule has 5 nitrogen and oxygen atoms in total. The van der Waals surface area contributed by atoms with Crippen LogP contribution in [0.25, 0.3) is 0 Å². The molecule has 1 aromatic rings. The van der Waals surface area contributed by atoms with Crippen molar-refractivity contribution in [3.63, 3.8) is 0 Å². The SMILES string of the molecule is CCCCNC(=O)O/N=C(\N)Cc1cccs1. The van der Waals surface area contributed by atoms with Crippen molar-refractivity contribution in [2.75, 3.05) is 6.54 Å². The number of hydrogen-bond donors (Lipinski definition) is 2. The van der Waals surface area contributed by atoms with Crippen LogP contribution in [0.15, 0.2) is 22.7 Å². The summed E-state index contributed by atoms with van der Waals surface area (Å²) in [5.41, 5.74) is 5.62. The van der Waals surface area contributed by atoms with Gasteiger partial charge in [0.1, 0.15) is 5.84 Å². The van der Waals surface area contributed by atoms with Crippen LogP contribution < -0.4 is 11.1 Å². The van der Waals surface area contributed by atoms with Crippen molar-refractivity contribution in [1.29, 1.82) is 0 Å². The standard InChI is InChI=1S/C11H17N3O2S/c1-2-3-6-13-11(15)16-14-10(12)8-9-5-4-7-17-9/h4-5,7H,2-3,6,8H2,1H3,(H2,12,14)(H,13,15). The van der Waals surface area contributed by atoms with Gasteiger partial charge in [-0.3, -0.25) is 4.84 Å². The summed E-state index contributed by atoms with van der Waals surface area (Å²) in [6.45, 7) is 2.64. The Morgan fingerprint density at radius 2 is 2.47 bits per heavy atom. The molecule has 0 radical (unpaired) electrons. The fourth-order valence-corrected chi connectivity index (χ4v) is 1.84. The topological polar surface area (TPSA) is 76.7 Å². The van der Waals surface area contributed by atoms with Gasteiger partial charge in [0.05, 0.1) is 0 Å². The van der Waals surface area contributed by atoms with E-state index in [9.17, 15) is 4.79 Å². The second-order valence-electron chi connectivity index (χ2n) is 3.50. The summed E-state index contributed by atoms with van der Waals surface area (Å²) in [5, 5.41) is 8.10. The van der Waals surface area contributed by atoms with Crippen LogP contribution in [-0.2, 0) is 11.3 Å². The van der Waals surface area contributed by atoms with Crippen molar-refractivity contribution in [3.05, 3.63) is 22.4 Å². The van der Waals surface area contributed by atoms with Crippen LogP contribution >= 0.6 is 11.3 Å². The zero-order valence-electron chi connectivity index (χ0n) is 9.81. The second kappa shape index (κ2) is 7.67. The Hall–Kier alpha value is -1.56. The van der Waals surface area contributed by atoms with Gasteiger partial charge < -0.3 is 11.1 Å². The molecule has 0 atom stereocenters. The average Bonchev–Trinajstić information content (AvgIpc) is 2.79. The third-order valence-electron chi connectivity index (χ3n) is 1.98. The van der Waals surface area contributed by atoms with Crippen molar-refractivity contribution in [2.45, 2.75) is 26.2 Å². The van der Waals surface area contributed by atoms with Crippen LogP contribution in [-0.4, -0.2) is 18.5 Å². The molecule has 0 saturated heterocycles. The van der Waals surface area contributed by atoms with Crippen LogP contribution in [0.3, 0.4) is 0 Å². The molecule has 1 rings (SSSR count). The molecule has 0 aliphatic carbocycles. The molecule has 0 aromatic carbocycles. The summed E-state index contributed by atoms with van der Waals surface area (Å²) >= 11 is 1.59. The molecule has 94 valence electrons. The Balaban J connectivity index is 2.25. The first-order chi connectivity index (χ1) is 8.22. The zero-order valence-corrected chi connectivity index (χ0v) is 10.6. The molecule has 0 aliphatic rings. The minimum Gasteiger partial charge on any atom is -0.384 e. The summed E-state index contributed by atoms with van der Waals surface area (Å²) in [7, 11) is 0. The molecular weight excluding hydrogens is 238 g/mol. The van der Waals surface area contributed by atoms with E-state index in [4.69, 9.17) is 5.73 Å². The second-order valence-corrected chi connectivity index (χ2v) is 4.53. The molecule has 0 spiro atoms. The fraction of sp³-hybridized carbons (Fsp3) is 0.455. The number of carbonyl (C=O) groups is 1. The van der Waals surface area contributed by atoms with E-state index in [1.165, 1.54) is 0 Å². The van der Waals surface area contributed by atoms with Crippen LogP contribution in [0.5, 0.6) is 0 Å². The molecule has 1 amide bonds. The number of rotatable bonds is 6. The van der Waals surface area contributed by atoms with Gasteiger partial charge >= 0.3 is 6.09 Å². The first-order valence-electron chi connectivity index (χ1n) is 5.52. The highest BCUT2D eigenvalue weighted by molar-refractivity contribution is 7.10. The number of amides is 1. The maximum Gasteiger partial charge on any atom is 0.433 e. The van der Waals surface area contributed by atoms with Gasteiger partial charge in [0.15, 0.2) is 0 Å². The van der Waals surface area contributed by atoms with E-state index in [2.05, 4.69) is 15.3 Å². The largest absolute Gasteiger partial charge is 0.433 e. The predicted octanol–water partition coefficient (Wildman–Crippen LogP) is 2.09. The number of amidine groups is 1. The molecular formula is C11H17N3O2S. The highest BCUT2D eigenvalue weighted by Crippen LogP contribution is 2.08. The van der Waals surface area contributed by atoms with Crippen LogP contribution in [0.1, 0.15) is 24.6 Å². The van der Waals surface area contributed by atoms with Crippen LogP contribution in [0, 0.1) is 0 Å². The number of thiophene rings is 1. The van der Waals surface area contributed by atoms with E-state index >= 15 is 0 Å². The van der Waals surface area contributed by atoms with Gasteiger partial charge in [-0.2, -0.15) is 0 Å². The number of oxime groups is 1. The Morgan fingerprint density at radius 3 is 3.12 bits per heavy atom. The molecule has 6 heteroatoms. The van der Waals surface area contributed by atoms with Gasteiger partial charge in [0, 0.05) is 17.8 Å². The van der Waals surface area contributed by atoms with E-state index in [1.54, 1.807) is 11.3 Å². The lowest BCUT2D eigenvalue weighted by molar-refractivity contribution is 0.150. The monoisotopic (exact) mass is 255 g/mol. The lowest BCUT2D eigenvalue weighted by Crippen LogP contribution is -2.25. The summed E-state index contributed by atoms with van der Waals surface area (Å²) in [6, 6.07) is 3.89. The molecule has 0 unspecified atom stereocenters. The third kappa shape index (κ3) is 5.91. The predicted molar refractivity (Wildman–Crippen MR) is 69.0 cm³/mol. The number of nitrogens with zero attached hydrogens (tertiary/aromatic N) is 1. The van der Waals surface area contributed by atoms with Gasteiger partial charge in [-0.15, -0.1) is 11.3 Å². The van der Waals surface area contributed by atoms with Gasteiger partial charge in [-0.25, -0.2) is 4.79 Å². The normalized spacial score (nSPS) is 11.2. The molecule has 1 aromatic heterocycles. The third-order valence-corrected chi connectivity index (χ3v) is 2.86. The highest BCUT2D eigenvalue weighted by Gasteiger charge is 2.02. The molecule has 0 bridgehead atoms. The van der Waals surface area contributed by atoms with E-state index in [-0.39, 0.29) is 5.84 Å². The molecule has 3 N–H and O–H groups in total. The summed E-state index contributed by atoms with van der Waals surface area (Å²) in [6.07, 6.45) is 1.88. The molecule has 0 aliphatic heterocycles. The maximum absolute atomic E-state index is 11.1. The minimum absolute atomic E-state index is 0.290. The first kappa shape index (κ1) is 13.5. The summed E-state index contributed by atoms with van der Waals surface area (Å²) < 4.78 is 0. The lowest BCUT2D eigenvalue weighted by atomic mass is 10.3. The minimum atomic E-state index is -0.562. The van der Waals surface area contributed by atoms with Crippen molar-refractivity contribution >= 4 is 23.3 Å². The molecule has 0 saturated carbocycles. The Kier molecular flexibility index (Phi) is 6.09. The quantitative estimate of drug-likeness (QED) is 0.269. The van der Waals surface area contributed by atoms with Gasteiger partial charge in [-0.05, 0) is 17.9 Å². The maximum atomic E-state index is 11.1. The number of nitrogens with two attached hydrogens (primary N) is 1. The summed E-state index contributed by atoms with van der Waals surface area (Å²) in [4.78, 5) is 16.8. The van der Waals surface area contributed by atoms with Crippen molar-refractivity contribution in [1.82, 2.24) is 5.32 Å². The number of nitrogens with one attached hydrogen (secondary N) is 1. The lowest BCUT2D eigenvalue weighted by Gasteiger charge is -2.01. The Morgan fingerprint density at radius 1 is 1.65 bits per heavy atom. The summed E-state index contributed by atoms with van der Waals surface area (Å²) in [5.74, 6) is 0.290. The van der Waals surface area contributed by atoms with Crippen molar-refractivity contribution in [3.8, 4) is 0 Å². The van der Waals surface area contributed by atoms with Crippen molar-refractivity contribution < 1.29 is 9.63 Å². The van der Waals surface area contributed by atoms with Gasteiger partial charge in [0.25, 0.3) is 0 Å². The fourth-order valence-electron chi connectivity index (χ4n) is 1.12. The average molecular weight is 255 g/mol. The number of unbranched alkanes of at least 4 members (excludes halogenated alkanes) is 1. The Labute approximate surface area is 105 Å². The van der Waals surface area contributed by atoms with E-state index in [0.717, 1.165) is 17.7 Å². The van der Waals surface area contributed by atoms with E-state index in [0.29, 0.717) is 13.0 Å². The molecule has 17 heavy (non-hydrogen) atoms. The molecule has 0 fully saturated rings. The number of carbonyl (C=O) groups excluding carboxylic acids is 1.